The van der Waals surface area contributed by atoms with E-state index in [2.05, 4.69) is 15.3 Å². The van der Waals surface area contributed by atoms with E-state index in [1.807, 2.05) is 46.2 Å². The van der Waals surface area contributed by atoms with Crippen LogP contribution < -0.4 is 5.32 Å². The van der Waals surface area contributed by atoms with Crippen molar-refractivity contribution in [1.29, 1.82) is 0 Å². The Labute approximate surface area is 275 Å². The highest BCUT2D eigenvalue weighted by Gasteiger charge is 2.59. The maximum absolute atomic E-state index is 14.7. The van der Waals surface area contributed by atoms with Gasteiger partial charge in [-0.2, -0.15) is 0 Å². The van der Waals surface area contributed by atoms with E-state index in [0.717, 1.165) is 35.1 Å². The van der Waals surface area contributed by atoms with Crippen LogP contribution in [0.4, 0.5) is 0 Å². The Morgan fingerprint density at radius 1 is 1.11 bits per heavy atom. The zero-order valence-electron chi connectivity index (χ0n) is 26.4. The van der Waals surface area contributed by atoms with E-state index in [9.17, 15) is 14.4 Å². The first-order chi connectivity index (χ1) is 22.4. The Bertz CT molecular complexity index is 1580. The molecular formula is C36H44ClN5O4. The summed E-state index contributed by atoms with van der Waals surface area (Å²) >= 11 is 6.49. The third-order valence-electron chi connectivity index (χ3n) is 11.0. The van der Waals surface area contributed by atoms with Crippen molar-refractivity contribution in [3.05, 3.63) is 64.6 Å². The van der Waals surface area contributed by atoms with Crippen LogP contribution in [0, 0.1) is 17.8 Å². The summed E-state index contributed by atoms with van der Waals surface area (Å²) < 4.78 is 5.62. The van der Waals surface area contributed by atoms with Crippen LogP contribution in [-0.4, -0.2) is 76.9 Å². The smallest absolute Gasteiger partial charge is 0.228 e. The van der Waals surface area contributed by atoms with Crippen molar-refractivity contribution >= 4 is 40.2 Å². The first-order valence-electron chi connectivity index (χ1n) is 17.1. The third kappa shape index (κ3) is 5.92. The van der Waals surface area contributed by atoms with Gasteiger partial charge in [0.05, 0.1) is 24.7 Å². The molecule has 2 saturated heterocycles. The monoisotopic (exact) mass is 645 g/mol. The number of halogens is 1. The number of aromatic amines is 1. The Hall–Kier alpha value is -3.43. The van der Waals surface area contributed by atoms with Gasteiger partial charge in [0.25, 0.3) is 0 Å². The molecule has 46 heavy (non-hydrogen) atoms. The topological polar surface area (TPSA) is 108 Å². The van der Waals surface area contributed by atoms with E-state index in [1.54, 1.807) is 6.20 Å². The van der Waals surface area contributed by atoms with E-state index in [1.165, 1.54) is 31.2 Å². The van der Waals surface area contributed by atoms with Crippen LogP contribution in [0.25, 0.3) is 10.9 Å². The number of nitrogens with one attached hydrogen (secondary N) is 2. The van der Waals surface area contributed by atoms with Gasteiger partial charge in [0, 0.05) is 78.4 Å². The molecule has 3 atom stereocenters. The number of aromatic nitrogens is 2. The van der Waals surface area contributed by atoms with Gasteiger partial charge in [-0.3, -0.25) is 19.4 Å². The van der Waals surface area contributed by atoms with Gasteiger partial charge in [-0.05, 0) is 67.5 Å². The number of H-pyrrole nitrogens is 1. The zero-order chi connectivity index (χ0) is 31.7. The number of rotatable bonds is 9. The van der Waals surface area contributed by atoms with Gasteiger partial charge in [0.1, 0.15) is 0 Å². The minimum Gasteiger partial charge on any atom is -0.378 e. The molecule has 1 aliphatic carbocycles. The van der Waals surface area contributed by atoms with E-state index in [-0.39, 0.29) is 24.1 Å². The lowest BCUT2D eigenvalue weighted by molar-refractivity contribution is -0.169. The highest BCUT2D eigenvalue weighted by molar-refractivity contribution is 6.31. The summed E-state index contributed by atoms with van der Waals surface area (Å²) in [7, 11) is 0. The molecule has 3 fully saturated rings. The summed E-state index contributed by atoms with van der Waals surface area (Å²) in [6.45, 7) is 3.05. The van der Waals surface area contributed by atoms with Crippen molar-refractivity contribution in [3.63, 3.8) is 0 Å². The van der Waals surface area contributed by atoms with Crippen LogP contribution >= 0.6 is 11.6 Å². The summed E-state index contributed by atoms with van der Waals surface area (Å²) in [5.74, 6) is -0.555. The summed E-state index contributed by atoms with van der Waals surface area (Å²) in [6, 6.07) is 11.6. The maximum Gasteiger partial charge on any atom is 0.228 e. The fourth-order valence-corrected chi connectivity index (χ4v) is 8.86. The predicted molar refractivity (Wildman–Crippen MR) is 176 cm³/mol. The van der Waals surface area contributed by atoms with Gasteiger partial charge in [-0.15, -0.1) is 0 Å². The van der Waals surface area contributed by atoms with Crippen LogP contribution in [0.5, 0.6) is 0 Å². The highest BCUT2D eigenvalue weighted by Crippen LogP contribution is 2.54. The minimum absolute atomic E-state index is 0.0142. The van der Waals surface area contributed by atoms with E-state index < -0.39 is 17.4 Å². The number of carbonyl (C=O) groups is 3. The van der Waals surface area contributed by atoms with E-state index >= 15 is 0 Å². The summed E-state index contributed by atoms with van der Waals surface area (Å²) in [4.78, 5) is 54.6. The lowest BCUT2D eigenvalue weighted by atomic mass is 9.64. The fourth-order valence-electron chi connectivity index (χ4n) is 8.69. The number of benzene rings is 1. The van der Waals surface area contributed by atoms with Crippen LogP contribution in [0.15, 0.2) is 42.6 Å². The minimum atomic E-state index is -0.805. The second kappa shape index (κ2) is 13.4. The number of ether oxygens (including phenoxy) is 1. The van der Waals surface area contributed by atoms with Gasteiger partial charge in [0.2, 0.25) is 17.7 Å². The molecule has 0 unspecified atom stereocenters. The number of hydrogen-bond donors (Lipinski definition) is 2. The summed E-state index contributed by atoms with van der Waals surface area (Å²) in [5.41, 5.74) is 3.24. The number of hydrogen-bond acceptors (Lipinski definition) is 5. The predicted octanol–water partition coefficient (Wildman–Crippen LogP) is 5.01. The van der Waals surface area contributed by atoms with Crippen molar-refractivity contribution in [2.24, 2.45) is 17.8 Å². The SMILES string of the molecule is O=C(C[C@H]1C[C@H](C(=O)N2CCOCC2)[C@@]2(CCC3CCCC3)c3[nH]c4ccc(Cl)cc4c3CCN2C1=O)NCCc1ccccn1. The standard InChI is InChI=1S/C36H44ClN5O4/c37-26-8-9-31-29(23-26)28-12-16-42-34(44)25(22-32(43)39-15-11-27-7-3-4-14-38-27)21-30(35(45)41-17-19-46-20-18-41)36(42,33(28)40-31)13-10-24-5-1-2-6-24/h3-4,7-9,14,23-25,30,40H,1-2,5-6,10-13,15-22H2,(H,39,43)/t25-,30-,36+/m1/s1. The lowest BCUT2D eigenvalue weighted by Gasteiger charge is -2.56. The van der Waals surface area contributed by atoms with Crippen LogP contribution in [0.1, 0.15) is 68.3 Å². The Morgan fingerprint density at radius 3 is 2.72 bits per heavy atom. The molecule has 2 N–H and O–H groups in total. The van der Waals surface area contributed by atoms with Gasteiger partial charge < -0.3 is 24.8 Å². The molecule has 7 rings (SSSR count). The Morgan fingerprint density at radius 2 is 1.93 bits per heavy atom. The van der Waals surface area contributed by atoms with Crippen molar-refractivity contribution in [1.82, 2.24) is 25.1 Å². The molecule has 3 aromatic rings. The lowest BCUT2D eigenvalue weighted by Crippen LogP contribution is -2.66. The molecule has 1 saturated carbocycles. The van der Waals surface area contributed by atoms with E-state index in [0.29, 0.717) is 69.6 Å². The molecule has 244 valence electrons. The van der Waals surface area contributed by atoms with Crippen molar-refractivity contribution in [3.8, 4) is 0 Å². The number of amides is 3. The molecule has 0 radical (unpaired) electrons. The number of carbonyl (C=O) groups excluding carboxylic acids is 3. The van der Waals surface area contributed by atoms with Crippen LogP contribution in [0.3, 0.4) is 0 Å². The summed E-state index contributed by atoms with van der Waals surface area (Å²) in [5, 5.41) is 4.75. The van der Waals surface area contributed by atoms with Crippen molar-refractivity contribution in [2.75, 3.05) is 39.4 Å². The first-order valence-corrected chi connectivity index (χ1v) is 17.5. The average molecular weight is 646 g/mol. The quantitative estimate of drug-likeness (QED) is 0.340. The molecule has 9 nitrogen and oxygen atoms in total. The number of piperidine rings is 1. The normalized spacial score (nSPS) is 25.0. The molecule has 2 aromatic heterocycles. The number of nitrogens with zero attached hydrogens (tertiary/aromatic N) is 3. The average Bonchev–Trinajstić information content (AvgIpc) is 3.74. The number of pyridine rings is 1. The van der Waals surface area contributed by atoms with Crippen molar-refractivity contribution in [2.45, 2.75) is 69.7 Å². The van der Waals surface area contributed by atoms with Gasteiger partial charge in [-0.25, -0.2) is 0 Å². The van der Waals surface area contributed by atoms with Gasteiger partial charge >= 0.3 is 0 Å². The van der Waals surface area contributed by atoms with Gasteiger partial charge in [-0.1, -0.05) is 43.4 Å². The third-order valence-corrected chi connectivity index (χ3v) is 11.2. The molecule has 0 bridgehead atoms. The molecule has 1 aromatic carbocycles. The molecule has 10 heteroatoms. The Kier molecular flexibility index (Phi) is 9.06. The number of fused-ring (bicyclic) bond motifs is 5. The van der Waals surface area contributed by atoms with Crippen LogP contribution in [-0.2, 0) is 37.5 Å². The second-order valence-electron chi connectivity index (χ2n) is 13.6. The molecule has 0 spiro atoms. The first kappa shape index (κ1) is 31.2. The largest absolute Gasteiger partial charge is 0.378 e. The van der Waals surface area contributed by atoms with Gasteiger partial charge in [0.15, 0.2) is 0 Å². The molecule has 5 heterocycles. The fraction of sp³-hybridized carbons (Fsp3) is 0.556. The molecule has 3 aliphatic heterocycles. The second-order valence-corrected chi connectivity index (χ2v) is 14.0. The Balaban J connectivity index is 1.24. The maximum atomic E-state index is 14.7. The van der Waals surface area contributed by atoms with Crippen molar-refractivity contribution < 1.29 is 19.1 Å². The molecule has 3 amide bonds. The molecular weight excluding hydrogens is 602 g/mol. The number of morpholine rings is 1. The van der Waals surface area contributed by atoms with Crippen LogP contribution in [0.2, 0.25) is 5.02 Å². The van der Waals surface area contributed by atoms with E-state index in [4.69, 9.17) is 16.3 Å². The molecule has 4 aliphatic rings. The summed E-state index contributed by atoms with van der Waals surface area (Å²) in [6.07, 6.45) is 10.0. The highest BCUT2D eigenvalue weighted by atomic mass is 35.5. The zero-order valence-corrected chi connectivity index (χ0v) is 27.2.